The van der Waals surface area contributed by atoms with E-state index in [0.29, 0.717) is 11.9 Å². The Hall–Kier alpha value is -1.40. The van der Waals surface area contributed by atoms with Crippen molar-refractivity contribution in [1.29, 1.82) is 0 Å². The highest BCUT2D eigenvalue weighted by Gasteiger charge is 2.20. The van der Waals surface area contributed by atoms with Crippen molar-refractivity contribution in [1.82, 2.24) is 9.55 Å². The molecular formula is C13H19N3O2S. The van der Waals surface area contributed by atoms with E-state index in [-0.39, 0.29) is 10.4 Å². The maximum absolute atomic E-state index is 11.8. The number of sulfone groups is 1. The molecule has 5 nitrogen and oxygen atoms in total. The van der Waals surface area contributed by atoms with Crippen molar-refractivity contribution in [2.45, 2.75) is 30.7 Å². The van der Waals surface area contributed by atoms with Crippen LogP contribution in [-0.4, -0.2) is 29.8 Å². The van der Waals surface area contributed by atoms with Gasteiger partial charge in [0, 0.05) is 25.3 Å². The van der Waals surface area contributed by atoms with Gasteiger partial charge in [0.05, 0.1) is 10.4 Å². The molecule has 19 heavy (non-hydrogen) atoms. The summed E-state index contributed by atoms with van der Waals surface area (Å²) in [5.74, 6) is 0.790. The summed E-state index contributed by atoms with van der Waals surface area (Å²) in [6, 6.07) is 5.18. The van der Waals surface area contributed by atoms with Crippen LogP contribution in [0.2, 0.25) is 0 Å². The van der Waals surface area contributed by atoms with Crippen molar-refractivity contribution in [3.8, 4) is 0 Å². The second-order valence-corrected chi connectivity index (χ2v) is 7.63. The molecule has 0 aliphatic rings. The zero-order chi connectivity index (χ0) is 14.4. The molecule has 0 aliphatic heterocycles. The standard InChI is InChI=1S/C13H19N3O2S/c1-13(2,14)8-11-15-12-9(16(11)3)6-5-7-10(12)19(4,17)18/h5-7H,8,14H2,1-4H3. The van der Waals surface area contributed by atoms with Crippen LogP contribution in [0.25, 0.3) is 11.0 Å². The summed E-state index contributed by atoms with van der Waals surface area (Å²) in [7, 11) is -1.41. The summed E-state index contributed by atoms with van der Waals surface area (Å²) in [6.07, 6.45) is 1.78. The summed E-state index contributed by atoms with van der Waals surface area (Å²) in [4.78, 5) is 4.73. The van der Waals surface area contributed by atoms with Crippen molar-refractivity contribution in [3.05, 3.63) is 24.0 Å². The first kappa shape index (κ1) is 14.0. The normalized spacial score (nSPS) is 13.1. The Kier molecular flexibility index (Phi) is 3.18. The molecule has 1 aromatic heterocycles. The van der Waals surface area contributed by atoms with Crippen LogP contribution in [0.15, 0.2) is 23.1 Å². The number of nitrogens with zero attached hydrogens (tertiary/aromatic N) is 2. The fourth-order valence-electron chi connectivity index (χ4n) is 2.10. The first-order valence-electron chi connectivity index (χ1n) is 6.03. The Labute approximate surface area is 113 Å². The molecule has 0 amide bonds. The molecule has 6 heteroatoms. The molecular weight excluding hydrogens is 262 g/mol. The molecule has 1 aromatic carbocycles. The molecule has 0 spiro atoms. The molecule has 0 bridgehead atoms. The highest BCUT2D eigenvalue weighted by molar-refractivity contribution is 7.91. The number of aromatic nitrogens is 2. The highest BCUT2D eigenvalue weighted by Crippen LogP contribution is 2.24. The Morgan fingerprint density at radius 3 is 2.53 bits per heavy atom. The molecule has 2 aromatic rings. The SMILES string of the molecule is Cn1c(CC(C)(C)N)nc2c(S(C)(=O)=O)cccc21. The van der Waals surface area contributed by atoms with Gasteiger partial charge in [0.25, 0.3) is 0 Å². The van der Waals surface area contributed by atoms with Gasteiger partial charge in [-0.3, -0.25) is 0 Å². The van der Waals surface area contributed by atoms with Gasteiger partial charge in [-0.05, 0) is 26.0 Å². The number of rotatable bonds is 3. The largest absolute Gasteiger partial charge is 0.331 e. The Balaban J connectivity index is 2.70. The van der Waals surface area contributed by atoms with Gasteiger partial charge < -0.3 is 10.3 Å². The van der Waals surface area contributed by atoms with E-state index in [1.807, 2.05) is 31.5 Å². The molecule has 0 fully saturated rings. The number of benzene rings is 1. The second kappa shape index (κ2) is 4.31. The van der Waals surface area contributed by atoms with E-state index in [9.17, 15) is 8.42 Å². The van der Waals surface area contributed by atoms with Crippen molar-refractivity contribution in [2.24, 2.45) is 12.8 Å². The summed E-state index contributed by atoms with van der Waals surface area (Å²) < 4.78 is 25.5. The summed E-state index contributed by atoms with van der Waals surface area (Å²) in [6.45, 7) is 3.84. The first-order chi connectivity index (χ1) is 8.59. The smallest absolute Gasteiger partial charge is 0.177 e. The number of imidazole rings is 1. The maximum atomic E-state index is 11.8. The van der Waals surface area contributed by atoms with Gasteiger partial charge in [0.2, 0.25) is 0 Å². The van der Waals surface area contributed by atoms with Gasteiger partial charge in [-0.25, -0.2) is 13.4 Å². The lowest BCUT2D eigenvalue weighted by Crippen LogP contribution is -2.35. The molecule has 0 radical (unpaired) electrons. The molecule has 0 saturated heterocycles. The minimum absolute atomic E-state index is 0.265. The number of hydrogen-bond donors (Lipinski definition) is 1. The molecule has 104 valence electrons. The third-order valence-corrected chi connectivity index (χ3v) is 4.11. The van der Waals surface area contributed by atoms with Gasteiger partial charge in [-0.15, -0.1) is 0 Å². The summed E-state index contributed by atoms with van der Waals surface area (Å²) >= 11 is 0. The maximum Gasteiger partial charge on any atom is 0.177 e. The van der Waals surface area contributed by atoms with Gasteiger partial charge in [0.15, 0.2) is 9.84 Å². The molecule has 0 atom stereocenters. The quantitative estimate of drug-likeness (QED) is 0.918. The highest BCUT2D eigenvalue weighted by atomic mass is 32.2. The van der Waals surface area contributed by atoms with Crippen LogP contribution in [-0.2, 0) is 23.3 Å². The average molecular weight is 281 g/mol. The van der Waals surface area contributed by atoms with Crippen LogP contribution in [0, 0.1) is 0 Å². The molecule has 0 unspecified atom stereocenters. The van der Waals surface area contributed by atoms with Gasteiger partial charge in [-0.1, -0.05) is 6.07 Å². The third kappa shape index (κ3) is 2.79. The van der Waals surface area contributed by atoms with Crippen LogP contribution in [0.5, 0.6) is 0 Å². The molecule has 0 saturated carbocycles. The van der Waals surface area contributed by atoms with Gasteiger partial charge >= 0.3 is 0 Å². The average Bonchev–Trinajstić information content (AvgIpc) is 2.52. The van der Waals surface area contributed by atoms with E-state index in [2.05, 4.69) is 4.98 Å². The number of aryl methyl sites for hydroxylation is 1. The van der Waals surface area contributed by atoms with Crippen LogP contribution in [0.3, 0.4) is 0 Å². The monoisotopic (exact) mass is 281 g/mol. The number of fused-ring (bicyclic) bond motifs is 1. The van der Waals surface area contributed by atoms with Crippen LogP contribution < -0.4 is 5.73 Å². The van der Waals surface area contributed by atoms with E-state index in [4.69, 9.17) is 5.73 Å². The zero-order valence-electron chi connectivity index (χ0n) is 11.6. The van der Waals surface area contributed by atoms with Crippen molar-refractivity contribution in [2.75, 3.05) is 6.26 Å². The fourth-order valence-corrected chi connectivity index (χ4v) is 2.93. The topological polar surface area (TPSA) is 78.0 Å². The minimum Gasteiger partial charge on any atom is -0.331 e. The molecule has 2 N–H and O–H groups in total. The van der Waals surface area contributed by atoms with Gasteiger partial charge in [-0.2, -0.15) is 0 Å². The predicted molar refractivity (Wildman–Crippen MR) is 75.8 cm³/mol. The Morgan fingerprint density at radius 1 is 1.37 bits per heavy atom. The second-order valence-electron chi connectivity index (χ2n) is 5.65. The van der Waals surface area contributed by atoms with Crippen molar-refractivity contribution >= 4 is 20.9 Å². The fraction of sp³-hybridized carbons (Fsp3) is 0.462. The predicted octanol–water partition coefficient (Wildman–Crippen LogP) is 1.26. The molecule has 1 heterocycles. The lowest BCUT2D eigenvalue weighted by atomic mass is 10.0. The van der Waals surface area contributed by atoms with E-state index in [1.165, 1.54) is 6.26 Å². The van der Waals surface area contributed by atoms with Gasteiger partial charge in [0.1, 0.15) is 11.3 Å². The van der Waals surface area contributed by atoms with Crippen LogP contribution in [0.1, 0.15) is 19.7 Å². The minimum atomic E-state index is -3.28. The number of para-hydroxylation sites is 1. The lowest BCUT2D eigenvalue weighted by Gasteiger charge is -2.17. The third-order valence-electron chi connectivity index (χ3n) is 2.98. The number of hydrogen-bond acceptors (Lipinski definition) is 4. The first-order valence-corrected chi connectivity index (χ1v) is 7.92. The van der Waals surface area contributed by atoms with E-state index >= 15 is 0 Å². The summed E-state index contributed by atoms with van der Waals surface area (Å²) in [5.41, 5.74) is 6.95. The zero-order valence-corrected chi connectivity index (χ0v) is 12.5. The summed E-state index contributed by atoms with van der Waals surface area (Å²) in [5, 5.41) is 0. The molecule has 2 rings (SSSR count). The van der Waals surface area contributed by atoms with Crippen LogP contribution in [0.4, 0.5) is 0 Å². The number of nitrogens with two attached hydrogens (primary N) is 1. The lowest BCUT2D eigenvalue weighted by molar-refractivity contribution is 0.495. The van der Waals surface area contributed by atoms with Crippen molar-refractivity contribution < 1.29 is 8.42 Å². The molecule has 0 aliphatic carbocycles. The van der Waals surface area contributed by atoms with E-state index < -0.39 is 9.84 Å². The Bertz CT molecular complexity index is 724. The van der Waals surface area contributed by atoms with Crippen molar-refractivity contribution in [3.63, 3.8) is 0 Å². The van der Waals surface area contributed by atoms with E-state index in [0.717, 1.165) is 11.3 Å². The van der Waals surface area contributed by atoms with Crippen LogP contribution >= 0.6 is 0 Å². The van der Waals surface area contributed by atoms with E-state index in [1.54, 1.807) is 12.1 Å². The Morgan fingerprint density at radius 2 is 2.00 bits per heavy atom.